The maximum atomic E-state index is 12.6. The molecule has 2 aromatic rings. The molecule has 3 N–H and O–H groups in total. The molecule has 136 valence electrons. The fourth-order valence-corrected chi connectivity index (χ4v) is 4.58. The maximum Gasteiger partial charge on any atom is 0.409 e. The van der Waals surface area contributed by atoms with Crippen LogP contribution in [-0.4, -0.2) is 36.5 Å². The van der Waals surface area contributed by atoms with Crippen molar-refractivity contribution in [3.05, 3.63) is 50.3 Å². The minimum Gasteiger partial charge on any atom is -0.453 e. The first-order valence-electron chi connectivity index (χ1n) is 7.75. The number of methoxy groups -OCH3 is 1. The molecule has 0 bridgehead atoms. The average molecular weight is 438 g/mol. The van der Waals surface area contributed by atoms with E-state index in [1.165, 1.54) is 18.4 Å². The lowest BCUT2D eigenvalue weighted by Gasteiger charge is -2.25. The van der Waals surface area contributed by atoms with Gasteiger partial charge in [-0.15, -0.1) is 11.3 Å². The lowest BCUT2D eigenvalue weighted by atomic mass is 10.0. The molecule has 0 radical (unpaired) electrons. The molecule has 1 aromatic heterocycles. The average Bonchev–Trinajstić information content (AvgIpc) is 2.98. The number of thiophene rings is 1. The Bertz CT molecular complexity index is 896. The molecular formula is C17H16BrN3O4S. The quantitative estimate of drug-likeness (QED) is 0.769. The second-order valence-corrected chi connectivity index (χ2v) is 7.61. The highest BCUT2D eigenvalue weighted by Gasteiger charge is 2.30. The van der Waals surface area contributed by atoms with E-state index >= 15 is 0 Å². The highest BCUT2D eigenvalue weighted by Crippen LogP contribution is 2.37. The Hall–Kier alpha value is -2.39. The standard InChI is InChI=1S/C17H16BrN3O4S/c1-25-17(24)21-7-6-10-12(8-21)26-16(13(10)14(19)22)20-15(23)9-4-2-3-5-11(9)18/h2-5H,6-8H2,1H3,(H2,19,22)(H,20,23). The topological polar surface area (TPSA) is 102 Å². The molecule has 0 unspecified atom stereocenters. The molecule has 3 amide bonds. The van der Waals surface area contributed by atoms with Crippen molar-refractivity contribution in [2.75, 3.05) is 19.0 Å². The van der Waals surface area contributed by atoms with Gasteiger partial charge in [-0.2, -0.15) is 0 Å². The van der Waals surface area contributed by atoms with Gasteiger partial charge in [-0.25, -0.2) is 4.79 Å². The Kier molecular flexibility index (Phi) is 5.28. The fourth-order valence-electron chi connectivity index (χ4n) is 2.85. The number of hydrogen-bond acceptors (Lipinski definition) is 5. The number of carbonyl (C=O) groups excluding carboxylic acids is 3. The number of halogens is 1. The lowest BCUT2D eigenvalue weighted by molar-refractivity contribution is 0.0999. The van der Waals surface area contributed by atoms with Crippen molar-refractivity contribution in [3.63, 3.8) is 0 Å². The zero-order valence-electron chi connectivity index (χ0n) is 13.9. The molecule has 26 heavy (non-hydrogen) atoms. The third-order valence-corrected chi connectivity index (χ3v) is 5.91. The number of nitrogens with zero attached hydrogens (tertiary/aromatic N) is 1. The van der Waals surface area contributed by atoms with E-state index < -0.39 is 12.0 Å². The molecule has 0 saturated heterocycles. The van der Waals surface area contributed by atoms with E-state index in [9.17, 15) is 14.4 Å². The van der Waals surface area contributed by atoms with Gasteiger partial charge in [0.05, 0.1) is 24.8 Å². The summed E-state index contributed by atoms with van der Waals surface area (Å²) >= 11 is 4.59. The van der Waals surface area contributed by atoms with Crippen LogP contribution in [-0.2, 0) is 17.7 Å². The van der Waals surface area contributed by atoms with Gasteiger partial charge in [0.1, 0.15) is 5.00 Å². The predicted octanol–water partition coefficient (Wildman–Crippen LogP) is 2.99. The summed E-state index contributed by atoms with van der Waals surface area (Å²) in [5.41, 5.74) is 7.10. The number of nitrogens with two attached hydrogens (primary N) is 1. The number of anilines is 1. The Morgan fingerprint density at radius 3 is 2.69 bits per heavy atom. The Morgan fingerprint density at radius 2 is 2.04 bits per heavy atom. The van der Waals surface area contributed by atoms with E-state index in [2.05, 4.69) is 21.2 Å². The van der Waals surface area contributed by atoms with E-state index in [-0.39, 0.29) is 5.91 Å². The third-order valence-electron chi connectivity index (χ3n) is 4.08. The molecule has 1 aliphatic rings. The van der Waals surface area contributed by atoms with E-state index in [0.29, 0.717) is 40.1 Å². The van der Waals surface area contributed by atoms with Crippen molar-refractivity contribution in [2.45, 2.75) is 13.0 Å². The smallest absolute Gasteiger partial charge is 0.409 e. The number of carbonyl (C=O) groups is 3. The molecule has 3 rings (SSSR count). The van der Waals surface area contributed by atoms with Crippen LogP contribution in [0.5, 0.6) is 0 Å². The second-order valence-electron chi connectivity index (χ2n) is 5.65. The number of rotatable bonds is 3. The minimum absolute atomic E-state index is 0.315. The number of fused-ring (bicyclic) bond motifs is 1. The summed E-state index contributed by atoms with van der Waals surface area (Å²) in [6, 6.07) is 7.00. The molecule has 1 aliphatic heterocycles. The highest BCUT2D eigenvalue weighted by atomic mass is 79.9. The van der Waals surface area contributed by atoms with Gasteiger partial charge in [0.15, 0.2) is 0 Å². The summed E-state index contributed by atoms with van der Waals surface area (Å²) in [5, 5.41) is 3.18. The van der Waals surface area contributed by atoms with Gasteiger partial charge >= 0.3 is 6.09 Å². The number of nitrogens with one attached hydrogen (secondary N) is 1. The first-order chi connectivity index (χ1) is 12.4. The molecular weight excluding hydrogens is 422 g/mol. The minimum atomic E-state index is -0.601. The van der Waals surface area contributed by atoms with Crippen molar-refractivity contribution in [1.82, 2.24) is 4.90 Å². The van der Waals surface area contributed by atoms with Crippen LogP contribution in [0.15, 0.2) is 28.7 Å². The molecule has 0 spiro atoms. The van der Waals surface area contributed by atoms with Crippen LogP contribution < -0.4 is 11.1 Å². The van der Waals surface area contributed by atoms with Gasteiger partial charge in [-0.3, -0.25) is 9.59 Å². The van der Waals surface area contributed by atoms with Crippen LogP contribution >= 0.6 is 27.3 Å². The maximum absolute atomic E-state index is 12.6. The number of ether oxygens (including phenoxy) is 1. The molecule has 7 nitrogen and oxygen atoms in total. The van der Waals surface area contributed by atoms with Crippen LogP contribution in [0.1, 0.15) is 31.2 Å². The molecule has 9 heteroatoms. The van der Waals surface area contributed by atoms with E-state index in [1.54, 1.807) is 29.2 Å². The van der Waals surface area contributed by atoms with Crippen molar-refractivity contribution < 1.29 is 19.1 Å². The summed E-state index contributed by atoms with van der Waals surface area (Å²) in [6.45, 7) is 0.742. The SMILES string of the molecule is COC(=O)N1CCc2c(sc(NC(=O)c3ccccc3Br)c2C(N)=O)C1. The summed E-state index contributed by atoms with van der Waals surface area (Å²) < 4.78 is 5.40. The van der Waals surface area contributed by atoms with Gasteiger partial charge in [0.25, 0.3) is 11.8 Å². The molecule has 0 saturated carbocycles. The number of hydrogen-bond donors (Lipinski definition) is 2. The van der Waals surface area contributed by atoms with Crippen LogP contribution in [0, 0.1) is 0 Å². The van der Waals surface area contributed by atoms with Crippen LogP contribution in [0.4, 0.5) is 9.80 Å². The molecule has 2 heterocycles. The normalized spacial score (nSPS) is 13.1. The molecule has 1 aromatic carbocycles. The van der Waals surface area contributed by atoms with E-state index in [1.807, 2.05) is 0 Å². The van der Waals surface area contributed by atoms with Crippen LogP contribution in [0.25, 0.3) is 0 Å². The number of amides is 3. The van der Waals surface area contributed by atoms with Gasteiger partial charge in [0.2, 0.25) is 0 Å². The van der Waals surface area contributed by atoms with Crippen LogP contribution in [0.3, 0.4) is 0 Å². The first-order valence-corrected chi connectivity index (χ1v) is 9.36. The molecule has 0 aliphatic carbocycles. The Morgan fingerprint density at radius 1 is 1.31 bits per heavy atom. The monoisotopic (exact) mass is 437 g/mol. The Labute approximate surface area is 162 Å². The van der Waals surface area contributed by atoms with Crippen molar-refractivity contribution in [2.24, 2.45) is 5.73 Å². The summed E-state index contributed by atoms with van der Waals surface area (Å²) in [5.74, 6) is -0.945. The van der Waals surface area contributed by atoms with Gasteiger partial charge in [0, 0.05) is 15.9 Å². The van der Waals surface area contributed by atoms with Crippen LogP contribution in [0.2, 0.25) is 0 Å². The number of benzene rings is 1. The largest absolute Gasteiger partial charge is 0.453 e. The summed E-state index contributed by atoms with van der Waals surface area (Å²) in [6.07, 6.45) is 0.0490. The van der Waals surface area contributed by atoms with Crippen molar-refractivity contribution >= 4 is 50.2 Å². The van der Waals surface area contributed by atoms with Gasteiger partial charge in [-0.1, -0.05) is 12.1 Å². The van der Waals surface area contributed by atoms with Crippen molar-refractivity contribution in [1.29, 1.82) is 0 Å². The van der Waals surface area contributed by atoms with Gasteiger partial charge in [-0.05, 0) is 40.0 Å². The summed E-state index contributed by atoms with van der Waals surface area (Å²) in [7, 11) is 1.32. The first kappa shape index (κ1) is 18.4. The highest BCUT2D eigenvalue weighted by molar-refractivity contribution is 9.10. The van der Waals surface area contributed by atoms with E-state index in [4.69, 9.17) is 10.5 Å². The van der Waals surface area contributed by atoms with Gasteiger partial charge < -0.3 is 20.7 Å². The van der Waals surface area contributed by atoms with Crippen molar-refractivity contribution in [3.8, 4) is 0 Å². The number of primary amides is 1. The second kappa shape index (κ2) is 7.46. The van der Waals surface area contributed by atoms with E-state index in [0.717, 1.165) is 10.4 Å². The Balaban J connectivity index is 1.92. The molecule has 0 fully saturated rings. The lowest BCUT2D eigenvalue weighted by Crippen LogP contribution is -2.35. The predicted molar refractivity (Wildman–Crippen MR) is 101 cm³/mol. The third kappa shape index (κ3) is 3.45. The molecule has 0 atom stereocenters. The fraction of sp³-hybridized carbons (Fsp3) is 0.235. The zero-order chi connectivity index (χ0) is 18.8. The zero-order valence-corrected chi connectivity index (χ0v) is 16.3. The summed E-state index contributed by atoms with van der Waals surface area (Å²) in [4.78, 5) is 38.7.